The Kier molecular flexibility index (Phi) is 6.93. The fourth-order valence-corrected chi connectivity index (χ4v) is 2.77. The summed E-state index contributed by atoms with van der Waals surface area (Å²) in [5, 5.41) is 11.9. The van der Waals surface area contributed by atoms with Gasteiger partial charge in [0.1, 0.15) is 13.1 Å². The lowest BCUT2D eigenvalue weighted by atomic mass is 10.3. The van der Waals surface area contributed by atoms with Crippen molar-refractivity contribution in [1.29, 1.82) is 0 Å². The van der Waals surface area contributed by atoms with Gasteiger partial charge in [0, 0.05) is 18.5 Å². The van der Waals surface area contributed by atoms with E-state index in [4.69, 9.17) is 17.0 Å². The molecular formula is C13H21N4OS2+. The maximum atomic E-state index is 5.34. The summed E-state index contributed by atoms with van der Waals surface area (Å²) in [6.07, 6.45) is 2.87. The van der Waals surface area contributed by atoms with Gasteiger partial charge in [0.15, 0.2) is 5.11 Å². The minimum atomic E-state index is 0.577. The van der Waals surface area contributed by atoms with Crippen molar-refractivity contribution in [1.82, 2.24) is 10.7 Å². The lowest BCUT2D eigenvalue weighted by Gasteiger charge is -2.23. The number of ether oxygens (including phenoxy) is 1. The van der Waals surface area contributed by atoms with Gasteiger partial charge in [0.05, 0.1) is 26.0 Å². The number of morpholine rings is 1. The molecule has 0 unspecified atom stereocenters. The molecule has 0 radical (unpaired) electrons. The van der Waals surface area contributed by atoms with Crippen molar-refractivity contribution in [2.75, 3.05) is 39.4 Å². The lowest BCUT2D eigenvalue weighted by molar-refractivity contribution is -0.908. The molecule has 1 aromatic heterocycles. The summed E-state index contributed by atoms with van der Waals surface area (Å²) < 4.78 is 5.34. The second-order valence-corrected chi connectivity index (χ2v) is 5.84. The number of rotatable bonds is 6. The molecule has 0 atom stereocenters. The first-order valence-electron chi connectivity index (χ1n) is 6.85. The van der Waals surface area contributed by atoms with Crippen LogP contribution in [0.1, 0.15) is 12.0 Å². The van der Waals surface area contributed by atoms with Crippen LogP contribution >= 0.6 is 23.6 Å². The number of hydrogen-bond donors (Lipinski definition) is 3. The van der Waals surface area contributed by atoms with Crippen molar-refractivity contribution < 1.29 is 9.64 Å². The van der Waals surface area contributed by atoms with E-state index in [1.165, 1.54) is 0 Å². The second-order valence-electron chi connectivity index (χ2n) is 4.65. The molecule has 0 aromatic carbocycles. The molecule has 1 aliphatic rings. The number of hydrogen-bond acceptors (Lipinski definition) is 4. The van der Waals surface area contributed by atoms with E-state index < -0.39 is 0 Å². The SMILES string of the molecule is S=C(NCCC[NH+]1CCOCC1)N/N=C\c1ccsc1. The molecule has 1 saturated heterocycles. The second kappa shape index (κ2) is 9.02. The molecule has 110 valence electrons. The number of thiocarbonyl (C=S) groups is 1. The van der Waals surface area contributed by atoms with Gasteiger partial charge in [-0.25, -0.2) is 0 Å². The quantitative estimate of drug-likeness (QED) is 0.296. The molecule has 3 N–H and O–H groups in total. The van der Waals surface area contributed by atoms with Gasteiger partial charge in [-0.1, -0.05) is 0 Å². The molecule has 20 heavy (non-hydrogen) atoms. The minimum absolute atomic E-state index is 0.577. The normalized spacial score (nSPS) is 16.4. The third-order valence-corrected chi connectivity index (χ3v) is 4.05. The summed E-state index contributed by atoms with van der Waals surface area (Å²) in [6.45, 7) is 6.06. The van der Waals surface area contributed by atoms with Crippen LogP contribution in [-0.4, -0.2) is 50.7 Å². The van der Waals surface area contributed by atoms with Crippen LogP contribution in [0, 0.1) is 0 Å². The van der Waals surface area contributed by atoms with Crippen molar-refractivity contribution in [3.8, 4) is 0 Å². The van der Waals surface area contributed by atoms with Gasteiger partial charge in [0.25, 0.3) is 0 Å². The Morgan fingerprint density at radius 1 is 1.50 bits per heavy atom. The zero-order valence-corrected chi connectivity index (χ0v) is 13.1. The Bertz CT molecular complexity index is 416. The van der Waals surface area contributed by atoms with E-state index in [0.29, 0.717) is 5.11 Å². The van der Waals surface area contributed by atoms with Crippen molar-refractivity contribution in [3.05, 3.63) is 22.4 Å². The largest absolute Gasteiger partial charge is 0.370 e. The molecule has 0 aliphatic carbocycles. The third-order valence-electron chi connectivity index (χ3n) is 3.12. The van der Waals surface area contributed by atoms with E-state index in [-0.39, 0.29) is 0 Å². The molecule has 1 fully saturated rings. The maximum absolute atomic E-state index is 5.34. The van der Waals surface area contributed by atoms with Gasteiger partial charge in [-0.2, -0.15) is 16.4 Å². The van der Waals surface area contributed by atoms with Gasteiger partial charge in [-0.3, -0.25) is 5.43 Å². The molecule has 7 heteroatoms. The highest BCUT2D eigenvalue weighted by Gasteiger charge is 2.12. The van der Waals surface area contributed by atoms with Gasteiger partial charge >= 0.3 is 0 Å². The smallest absolute Gasteiger partial charge is 0.186 e. The number of nitrogens with zero attached hydrogens (tertiary/aromatic N) is 1. The van der Waals surface area contributed by atoms with Crippen LogP contribution in [0.5, 0.6) is 0 Å². The lowest BCUT2D eigenvalue weighted by Crippen LogP contribution is -3.14. The molecule has 0 spiro atoms. The monoisotopic (exact) mass is 313 g/mol. The van der Waals surface area contributed by atoms with Gasteiger partial charge < -0.3 is 15.0 Å². The Hall–Kier alpha value is -1.02. The number of thiophene rings is 1. The molecule has 0 saturated carbocycles. The van der Waals surface area contributed by atoms with Crippen molar-refractivity contribution in [2.45, 2.75) is 6.42 Å². The first-order chi connectivity index (χ1) is 9.84. The van der Waals surface area contributed by atoms with Crippen molar-refractivity contribution >= 4 is 34.9 Å². The summed E-state index contributed by atoms with van der Waals surface area (Å²) >= 11 is 6.81. The first-order valence-corrected chi connectivity index (χ1v) is 8.20. The summed E-state index contributed by atoms with van der Waals surface area (Å²) in [5.41, 5.74) is 3.91. The van der Waals surface area contributed by atoms with Crippen LogP contribution in [0.3, 0.4) is 0 Å². The highest BCUT2D eigenvalue weighted by Crippen LogP contribution is 2.01. The van der Waals surface area contributed by atoms with Crippen LogP contribution in [0.4, 0.5) is 0 Å². The van der Waals surface area contributed by atoms with Gasteiger partial charge in [-0.15, -0.1) is 0 Å². The maximum Gasteiger partial charge on any atom is 0.186 e. The van der Waals surface area contributed by atoms with Crippen molar-refractivity contribution in [3.63, 3.8) is 0 Å². The standard InChI is InChI=1S/C13H20N4OS2/c19-13(16-15-10-12-2-9-20-11-12)14-3-1-4-17-5-7-18-8-6-17/h2,9-11H,1,3-8H2,(H2,14,16,19)/p+1/b15-10-. The summed E-state index contributed by atoms with van der Waals surface area (Å²) in [4.78, 5) is 1.62. The van der Waals surface area contributed by atoms with Crippen LogP contribution < -0.4 is 15.6 Å². The summed E-state index contributed by atoms with van der Waals surface area (Å²) in [5.74, 6) is 0. The highest BCUT2D eigenvalue weighted by molar-refractivity contribution is 7.80. The van der Waals surface area contributed by atoms with E-state index in [1.807, 2.05) is 16.8 Å². The van der Waals surface area contributed by atoms with E-state index >= 15 is 0 Å². The number of hydrazone groups is 1. The third kappa shape index (κ3) is 5.96. The number of nitrogens with one attached hydrogen (secondary N) is 3. The average Bonchev–Trinajstić information content (AvgIpc) is 2.98. The molecule has 0 bridgehead atoms. The molecule has 0 amide bonds. The fraction of sp³-hybridized carbons (Fsp3) is 0.538. The minimum Gasteiger partial charge on any atom is -0.370 e. The van der Waals surface area contributed by atoms with E-state index in [1.54, 1.807) is 22.5 Å². The summed E-state index contributed by atoms with van der Waals surface area (Å²) in [7, 11) is 0. The van der Waals surface area contributed by atoms with Gasteiger partial charge in [0.2, 0.25) is 0 Å². The highest BCUT2D eigenvalue weighted by atomic mass is 32.1. The molecule has 2 rings (SSSR count). The average molecular weight is 313 g/mol. The van der Waals surface area contributed by atoms with Crippen LogP contribution in [0.2, 0.25) is 0 Å². The predicted octanol–water partition coefficient (Wildman–Crippen LogP) is -0.149. The molecule has 1 aromatic rings. The van der Waals surface area contributed by atoms with E-state index in [2.05, 4.69) is 15.8 Å². The Labute approximate surface area is 129 Å². The van der Waals surface area contributed by atoms with Crippen LogP contribution in [0.15, 0.2) is 21.9 Å². The Morgan fingerprint density at radius 2 is 2.35 bits per heavy atom. The van der Waals surface area contributed by atoms with Crippen LogP contribution in [-0.2, 0) is 4.74 Å². The fourth-order valence-electron chi connectivity index (χ4n) is 2.00. The Balaban J connectivity index is 1.51. The zero-order chi connectivity index (χ0) is 14.0. The first kappa shape index (κ1) is 15.4. The molecular weight excluding hydrogens is 292 g/mol. The van der Waals surface area contributed by atoms with E-state index in [0.717, 1.165) is 51.4 Å². The summed E-state index contributed by atoms with van der Waals surface area (Å²) in [6, 6.07) is 2.01. The zero-order valence-electron chi connectivity index (χ0n) is 11.4. The van der Waals surface area contributed by atoms with Crippen molar-refractivity contribution in [2.24, 2.45) is 5.10 Å². The van der Waals surface area contributed by atoms with E-state index in [9.17, 15) is 0 Å². The molecule has 1 aliphatic heterocycles. The molecule has 5 nitrogen and oxygen atoms in total. The Morgan fingerprint density at radius 3 is 3.10 bits per heavy atom. The van der Waals surface area contributed by atoms with Gasteiger partial charge in [-0.05, 0) is 29.0 Å². The van der Waals surface area contributed by atoms with Crippen LogP contribution in [0.25, 0.3) is 0 Å². The topological polar surface area (TPSA) is 50.1 Å². The number of quaternary nitrogens is 1. The molecule has 2 heterocycles. The predicted molar refractivity (Wildman–Crippen MR) is 86.6 cm³/mol.